The standard InChI is InChI=1S/C21H17NS/c1-3-7-17(8-4-1)18-11-13-19(14-12-18)21-15-22(16-23-21)20-9-5-2-6-10-20/h1-15H,16H2. The molecule has 1 aliphatic heterocycles. The molecule has 0 N–H and O–H groups in total. The number of para-hydroxylation sites is 1. The van der Waals surface area contributed by atoms with Crippen molar-refractivity contribution >= 4 is 22.4 Å². The summed E-state index contributed by atoms with van der Waals surface area (Å²) < 4.78 is 0. The summed E-state index contributed by atoms with van der Waals surface area (Å²) in [7, 11) is 0. The molecule has 1 heterocycles. The van der Waals surface area contributed by atoms with Crippen molar-refractivity contribution in [2.45, 2.75) is 0 Å². The van der Waals surface area contributed by atoms with Gasteiger partial charge < -0.3 is 4.90 Å². The minimum atomic E-state index is 0.972. The maximum atomic E-state index is 2.30. The Morgan fingerprint density at radius 2 is 1.17 bits per heavy atom. The van der Waals surface area contributed by atoms with E-state index in [9.17, 15) is 0 Å². The number of benzene rings is 3. The molecule has 112 valence electrons. The summed E-state index contributed by atoms with van der Waals surface area (Å²) in [5.41, 5.74) is 5.06. The molecule has 3 aromatic carbocycles. The monoisotopic (exact) mass is 315 g/mol. The fraction of sp³-hybridized carbons (Fsp3) is 0.0476. The van der Waals surface area contributed by atoms with Gasteiger partial charge in [-0.2, -0.15) is 0 Å². The summed E-state index contributed by atoms with van der Waals surface area (Å²) in [6.07, 6.45) is 2.25. The van der Waals surface area contributed by atoms with Crippen molar-refractivity contribution < 1.29 is 0 Å². The van der Waals surface area contributed by atoms with Crippen LogP contribution in [0.25, 0.3) is 16.0 Å². The quantitative estimate of drug-likeness (QED) is 0.595. The Morgan fingerprint density at radius 1 is 0.609 bits per heavy atom. The first-order valence-corrected chi connectivity index (χ1v) is 8.71. The van der Waals surface area contributed by atoms with Gasteiger partial charge in [0.05, 0.1) is 5.88 Å². The first-order chi connectivity index (χ1) is 11.4. The van der Waals surface area contributed by atoms with E-state index in [4.69, 9.17) is 0 Å². The summed E-state index contributed by atoms with van der Waals surface area (Å²) in [6, 6.07) is 29.9. The molecule has 1 nitrogen and oxygen atoms in total. The lowest BCUT2D eigenvalue weighted by Crippen LogP contribution is -2.09. The van der Waals surface area contributed by atoms with Gasteiger partial charge >= 0.3 is 0 Å². The molecule has 3 aromatic rings. The minimum absolute atomic E-state index is 0.972. The first-order valence-electron chi connectivity index (χ1n) is 7.72. The molecule has 0 unspecified atom stereocenters. The summed E-state index contributed by atoms with van der Waals surface area (Å²) in [4.78, 5) is 3.62. The van der Waals surface area contributed by atoms with Crippen molar-refractivity contribution in [1.82, 2.24) is 0 Å². The van der Waals surface area contributed by atoms with Gasteiger partial charge in [-0.3, -0.25) is 0 Å². The zero-order chi connectivity index (χ0) is 15.5. The van der Waals surface area contributed by atoms with Gasteiger partial charge in [-0.1, -0.05) is 72.8 Å². The molecule has 4 rings (SSSR count). The number of rotatable bonds is 3. The molecule has 0 bridgehead atoms. The molecule has 0 aromatic heterocycles. The normalized spacial score (nSPS) is 13.9. The van der Waals surface area contributed by atoms with Crippen LogP contribution in [0.3, 0.4) is 0 Å². The maximum absolute atomic E-state index is 2.30. The number of thioether (sulfide) groups is 1. The van der Waals surface area contributed by atoms with Crippen LogP contribution in [0.1, 0.15) is 5.56 Å². The number of hydrogen-bond acceptors (Lipinski definition) is 2. The van der Waals surface area contributed by atoms with Crippen LogP contribution in [-0.2, 0) is 0 Å². The van der Waals surface area contributed by atoms with Gasteiger partial charge in [-0.25, -0.2) is 0 Å². The second-order valence-corrected chi connectivity index (χ2v) is 6.50. The Bertz CT molecular complexity index is 807. The van der Waals surface area contributed by atoms with Crippen LogP contribution in [0.2, 0.25) is 0 Å². The van der Waals surface area contributed by atoms with Crippen molar-refractivity contribution in [3.63, 3.8) is 0 Å². The van der Waals surface area contributed by atoms with Gasteiger partial charge in [0.1, 0.15) is 0 Å². The van der Waals surface area contributed by atoms with E-state index in [1.165, 1.54) is 27.3 Å². The van der Waals surface area contributed by atoms with Crippen LogP contribution in [0.4, 0.5) is 5.69 Å². The van der Waals surface area contributed by atoms with Crippen molar-refractivity contribution in [2.75, 3.05) is 10.8 Å². The van der Waals surface area contributed by atoms with Gasteiger partial charge in [-0.15, -0.1) is 11.8 Å². The van der Waals surface area contributed by atoms with Gasteiger partial charge in [0, 0.05) is 16.8 Å². The van der Waals surface area contributed by atoms with Crippen molar-refractivity contribution in [2.24, 2.45) is 0 Å². The number of hydrogen-bond donors (Lipinski definition) is 0. The van der Waals surface area contributed by atoms with Gasteiger partial charge in [-0.05, 0) is 28.8 Å². The Kier molecular flexibility index (Phi) is 3.91. The molecule has 0 aliphatic carbocycles. The molecule has 0 amide bonds. The lowest BCUT2D eigenvalue weighted by molar-refractivity contribution is 1.19. The predicted molar refractivity (Wildman–Crippen MR) is 101 cm³/mol. The predicted octanol–water partition coefficient (Wildman–Crippen LogP) is 5.86. The molecule has 0 atom stereocenters. The van der Waals surface area contributed by atoms with E-state index in [0.29, 0.717) is 0 Å². The summed E-state index contributed by atoms with van der Waals surface area (Å²) >= 11 is 1.89. The third-order valence-corrected chi connectivity index (χ3v) is 5.06. The average Bonchev–Trinajstić information content (AvgIpc) is 3.14. The highest BCUT2D eigenvalue weighted by Crippen LogP contribution is 2.37. The molecular formula is C21H17NS. The Hall–Kier alpha value is -2.45. The topological polar surface area (TPSA) is 3.24 Å². The van der Waals surface area contributed by atoms with Crippen LogP contribution in [-0.4, -0.2) is 5.88 Å². The van der Waals surface area contributed by atoms with Crippen LogP contribution in [0.15, 0.2) is 91.1 Å². The number of anilines is 1. The zero-order valence-electron chi connectivity index (χ0n) is 12.7. The lowest BCUT2D eigenvalue weighted by Gasteiger charge is -2.13. The second kappa shape index (κ2) is 6.35. The zero-order valence-corrected chi connectivity index (χ0v) is 13.5. The summed E-state index contributed by atoms with van der Waals surface area (Å²) in [5.74, 6) is 0.972. The molecule has 0 fully saturated rings. The Morgan fingerprint density at radius 3 is 1.87 bits per heavy atom. The van der Waals surface area contributed by atoms with Gasteiger partial charge in [0.2, 0.25) is 0 Å². The minimum Gasteiger partial charge on any atom is -0.337 e. The molecule has 2 heteroatoms. The van der Waals surface area contributed by atoms with Crippen LogP contribution in [0.5, 0.6) is 0 Å². The third-order valence-electron chi connectivity index (χ3n) is 4.00. The fourth-order valence-electron chi connectivity index (χ4n) is 2.74. The van der Waals surface area contributed by atoms with Crippen molar-refractivity contribution in [3.05, 3.63) is 96.7 Å². The Labute approximate surface area is 141 Å². The molecular weight excluding hydrogens is 298 g/mol. The smallest absolute Gasteiger partial charge is 0.0730 e. The van der Waals surface area contributed by atoms with E-state index in [1.54, 1.807) is 0 Å². The highest BCUT2D eigenvalue weighted by atomic mass is 32.2. The van der Waals surface area contributed by atoms with E-state index in [0.717, 1.165) is 5.88 Å². The van der Waals surface area contributed by atoms with Crippen LogP contribution in [0, 0.1) is 0 Å². The van der Waals surface area contributed by atoms with Crippen LogP contribution >= 0.6 is 11.8 Å². The molecule has 0 spiro atoms. The SMILES string of the molecule is C1=C(c2ccc(-c3ccccc3)cc2)SCN1c1ccccc1. The largest absolute Gasteiger partial charge is 0.337 e. The molecule has 0 radical (unpaired) electrons. The van der Waals surface area contributed by atoms with E-state index in [-0.39, 0.29) is 0 Å². The summed E-state index contributed by atoms with van der Waals surface area (Å²) in [6.45, 7) is 0. The lowest BCUT2D eigenvalue weighted by atomic mass is 10.0. The van der Waals surface area contributed by atoms with Gasteiger partial charge in [0.25, 0.3) is 0 Å². The molecule has 1 aliphatic rings. The highest BCUT2D eigenvalue weighted by molar-refractivity contribution is 8.08. The third kappa shape index (κ3) is 3.03. The van der Waals surface area contributed by atoms with E-state index >= 15 is 0 Å². The Balaban J connectivity index is 1.57. The fourth-order valence-corrected chi connectivity index (χ4v) is 3.75. The number of nitrogens with zero attached hydrogens (tertiary/aromatic N) is 1. The van der Waals surface area contributed by atoms with E-state index < -0.39 is 0 Å². The van der Waals surface area contributed by atoms with E-state index in [1.807, 2.05) is 11.8 Å². The maximum Gasteiger partial charge on any atom is 0.0730 e. The second-order valence-electron chi connectivity index (χ2n) is 5.52. The van der Waals surface area contributed by atoms with E-state index in [2.05, 4.69) is 96.0 Å². The van der Waals surface area contributed by atoms with Gasteiger partial charge in [0.15, 0.2) is 0 Å². The molecule has 23 heavy (non-hydrogen) atoms. The van der Waals surface area contributed by atoms with Crippen molar-refractivity contribution in [1.29, 1.82) is 0 Å². The average molecular weight is 315 g/mol. The highest BCUT2D eigenvalue weighted by Gasteiger charge is 2.15. The molecule has 0 saturated carbocycles. The molecule has 0 saturated heterocycles. The first kappa shape index (κ1) is 14.2. The van der Waals surface area contributed by atoms with Crippen LogP contribution < -0.4 is 4.90 Å². The summed E-state index contributed by atoms with van der Waals surface area (Å²) in [5, 5.41) is 0. The van der Waals surface area contributed by atoms with Crippen molar-refractivity contribution in [3.8, 4) is 11.1 Å².